The fourth-order valence-corrected chi connectivity index (χ4v) is 2.90. The lowest BCUT2D eigenvalue weighted by atomic mass is 10.0. The van der Waals surface area contributed by atoms with Gasteiger partial charge in [0.15, 0.2) is 0 Å². The van der Waals surface area contributed by atoms with Crippen LogP contribution in [-0.4, -0.2) is 53.8 Å². The zero-order valence-electron chi connectivity index (χ0n) is 9.99. The Kier molecular flexibility index (Phi) is 4.25. The van der Waals surface area contributed by atoms with E-state index in [2.05, 4.69) is 32.7 Å². The molecule has 1 unspecified atom stereocenters. The summed E-state index contributed by atoms with van der Waals surface area (Å²) in [6.07, 6.45) is 2.52. The minimum absolute atomic E-state index is 0.266. The lowest BCUT2D eigenvalue weighted by Gasteiger charge is -2.35. The third kappa shape index (κ3) is 2.98. The molecule has 0 aromatic rings. The highest BCUT2D eigenvalue weighted by atomic mass is 79.9. The Morgan fingerprint density at radius 2 is 1.94 bits per heavy atom. The topological polar surface area (TPSA) is 23.6 Å². The second-order valence-electron chi connectivity index (χ2n) is 4.98. The van der Waals surface area contributed by atoms with E-state index < -0.39 is 0 Å². The van der Waals surface area contributed by atoms with E-state index in [0.717, 1.165) is 38.1 Å². The van der Waals surface area contributed by atoms with Crippen LogP contribution in [0.2, 0.25) is 0 Å². The number of nitrogens with zero attached hydrogens (tertiary/aromatic N) is 2. The van der Waals surface area contributed by atoms with Gasteiger partial charge < -0.3 is 4.90 Å². The van der Waals surface area contributed by atoms with E-state index in [0.29, 0.717) is 11.8 Å². The van der Waals surface area contributed by atoms with Crippen LogP contribution < -0.4 is 0 Å². The molecule has 1 atom stereocenters. The SMILES string of the molecule is CC(C(=O)N1CCN(CCBr)CC1)C1CC1. The molecule has 2 fully saturated rings. The molecule has 1 heterocycles. The minimum Gasteiger partial charge on any atom is -0.340 e. The molecule has 4 heteroatoms. The van der Waals surface area contributed by atoms with Gasteiger partial charge in [-0.3, -0.25) is 9.69 Å². The van der Waals surface area contributed by atoms with Gasteiger partial charge in [-0.15, -0.1) is 0 Å². The van der Waals surface area contributed by atoms with Gasteiger partial charge in [0.25, 0.3) is 0 Å². The Balaban J connectivity index is 1.77. The van der Waals surface area contributed by atoms with Gasteiger partial charge >= 0.3 is 0 Å². The van der Waals surface area contributed by atoms with Gasteiger partial charge in [0.05, 0.1) is 0 Å². The van der Waals surface area contributed by atoms with Crippen LogP contribution in [-0.2, 0) is 4.79 Å². The van der Waals surface area contributed by atoms with Gasteiger partial charge in [-0.25, -0.2) is 0 Å². The highest BCUT2D eigenvalue weighted by Crippen LogP contribution is 2.37. The molecular weight excluding hydrogens is 268 g/mol. The van der Waals surface area contributed by atoms with Crippen molar-refractivity contribution in [2.75, 3.05) is 38.1 Å². The lowest BCUT2D eigenvalue weighted by Crippen LogP contribution is -2.50. The van der Waals surface area contributed by atoms with Crippen molar-refractivity contribution in [3.8, 4) is 0 Å². The molecule has 1 aliphatic carbocycles. The summed E-state index contributed by atoms with van der Waals surface area (Å²) in [5.41, 5.74) is 0. The van der Waals surface area contributed by atoms with Gasteiger partial charge in [0.1, 0.15) is 0 Å². The Hall–Kier alpha value is -0.0900. The largest absolute Gasteiger partial charge is 0.340 e. The minimum atomic E-state index is 0.266. The Bertz CT molecular complexity index is 247. The molecule has 0 radical (unpaired) electrons. The van der Waals surface area contributed by atoms with Crippen molar-refractivity contribution in [3.05, 3.63) is 0 Å². The summed E-state index contributed by atoms with van der Waals surface area (Å²) in [7, 11) is 0. The first-order valence-electron chi connectivity index (χ1n) is 6.29. The monoisotopic (exact) mass is 288 g/mol. The van der Waals surface area contributed by atoms with Crippen LogP contribution in [0.15, 0.2) is 0 Å². The highest BCUT2D eigenvalue weighted by Gasteiger charge is 2.35. The number of carbonyl (C=O) groups is 1. The summed E-state index contributed by atoms with van der Waals surface area (Å²) in [6.45, 7) is 7.11. The third-order valence-corrected chi connectivity index (χ3v) is 4.16. The van der Waals surface area contributed by atoms with E-state index in [4.69, 9.17) is 0 Å². The second kappa shape index (κ2) is 5.50. The van der Waals surface area contributed by atoms with Gasteiger partial charge in [-0.1, -0.05) is 22.9 Å². The number of amides is 1. The molecule has 0 aromatic carbocycles. The van der Waals surface area contributed by atoms with Crippen molar-refractivity contribution in [3.63, 3.8) is 0 Å². The summed E-state index contributed by atoms with van der Waals surface area (Å²) in [4.78, 5) is 16.6. The molecule has 1 aliphatic heterocycles. The normalized spacial score (nSPS) is 24.5. The maximum absolute atomic E-state index is 12.1. The predicted molar refractivity (Wildman–Crippen MR) is 68.7 cm³/mol. The number of hydrogen-bond donors (Lipinski definition) is 0. The molecule has 2 aliphatic rings. The third-order valence-electron chi connectivity index (χ3n) is 3.80. The molecule has 3 nitrogen and oxygen atoms in total. The predicted octanol–water partition coefficient (Wildman–Crippen LogP) is 1.57. The van der Waals surface area contributed by atoms with Gasteiger partial charge in [0.2, 0.25) is 5.91 Å². The molecule has 1 saturated carbocycles. The molecular formula is C12H21BrN2O. The van der Waals surface area contributed by atoms with Crippen molar-refractivity contribution in [1.82, 2.24) is 9.80 Å². The number of rotatable bonds is 4. The highest BCUT2D eigenvalue weighted by molar-refractivity contribution is 9.09. The molecule has 16 heavy (non-hydrogen) atoms. The Labute approximate surface area is 106 Å². The molecule has 1 saturated heterocycles. The van der Waals surface area contributed by atoms with Crippen molar-refractivity contribution < 1.29 is 4.79 Å². The van der Waals surface area contributed by atoms with E-state index in [-0.39, 0.29) is 5.92 Å². The maximum Gasteiger partial charge on any atom is 0.225 e. The fraction of sp³-hybridized carbons (Fsp3) is 0.917. The van der Waals surface area contributed by atoms with E-state index >= 15 is 0 Å². The first-order chi connectivity index (χ1) is 7.72. The van der Waals surface area contributed by atoms with Crippen LogP contribution in [0.5, 0.6) is 0 Å². The van der Waals surface area contributed by atoms with Crippen molar-refractivity contribution >= 4 is 21.8 Å². The molecule has 0 aromatic heterocycles. The van der Waals surface area contributed by atoms with Crippen LogP contribution >= 0.6 is 15.9 Å². The van der Waals surface area contributed by atoms with Gasteiger partial charge in [-0.05, 0) is 18.8 Å². The molecule has 1 amide bonds. The van der Waals surface area contributed by atoms with E-state index in [1.165, 1.54) is 12.8 Å². The molecule has 2 rings (SSSR count). The number of carbonyl (C=O) groups excluding carboxylic acids is 1. The zero-order valence-corrected chi connectivity index (χ0v) is 11.6. The van der Waals surface area contributed by atoms with Crippen LogP contribution in [0.3, 0.4) is 0 Å². The van der Waals surface area contributed by atoms with Crippen LogP contribution in [0, 0.1) is 11.8 Å². The first kappa shape index (κ1) is 12.4. The summed E-state index contributed by atoms with van der Waals surface area (Å²) in [5.74, 6) is 1.34. The fourth-order valence-electron chi connectivity index (χ4n) is 2.40. The standard InChI is InChI=1S/C12H21BrN2O/c1-10(11-2-3-11)12(16)15-8-6-14(5-4-13)7-9-15/h10-11H,2-9H2,1H3. The van der Waals surface area contributed by atoms with Crippen LogP contribution in [0.4, 0.5) is 0 Å². The molecule has 92 valence electrons. The molecule has 0 spiro atoms. The van der Waals surface area contributed by atoms with Crippen LogP contribution in [0.25, 0.3) is 0 Å². The van der Waals surface area contributed by atoms with Crippen molar-refractivity contribution in [1.29, 1.82) is 0 Å². The average molecular weight is 289 g/mol. The lowest BCUT2D eigenvalue weighted by molar-refractivity contribution is -0.137. The number of halogens is 1. The summed E-state index contributed by atoms with van der Waals surface area (Å²) in [5, 5.41) is 1.03. The smallest absolute Gasteiger partial charge is 0.225 e. The zero-order chi connectivity index (χ0) is 11.5. The number of hydrogen-bond acceptors (Lipinski definition) is 2. The maximum atomic E-state index is 12.1. The molecule has 0 N–H and O–H groups in total. The van der Waals surface area contributed by atoms with E-state index in [9.17, 15) is 4.79 Å². The Morgan fingerprint density at radius 1 is 1.31 bits per heavy atom. The second-order valence-corrected chi connectivity index (χ2v) is 5.78. The van der Waals surface area contributed by atoms with Gasteiger partial charge in [-0.2, -0.15) is 0 Å². The van der Waals surface area contributed by atoms with Gasteiger partial charge in [0, 0.05) is 44.0 Å². The van der Waals surface area contributed by atoms with E-state index in [1.54, 1.807) is 0 Å². The Morgan fingerprint density at radius 3 is 2.44 bits per heavy atom. The molecule has 0 bridgehead atoms. The van der Waals surface area contributed by atoms with Crippen LogP contribution in [0.1, 0.15) is 19.8 Å². The number of piperazine rings is 1. The quantitative estimate of drug-likeness (QED) is 0.734. The average Bonchev–Trinajstić information content (AvgIpc) is 3.12. The van der Waals surface area contributed by atoms with E-state index in [1.807, 2.05) is 0 Å². The number of alkyl halides is 1. The first-order valence-corrected chi connectivity index (χ1v) is 7.41. The summed E-state index contributed by atoms with van der Waals surface area (Å²) >= 11 is 3.46. The summed E-state index contributed by atoms with van der Waals surface area (Å²) in [6, 6.07) is 0. The summed E-state index contributed by atoms with van der Waals surface area (Å²) < 4.78 is 0. The van der Waals surface area contributed by atoms with Crippen molar-refractivity contribution in [2.45, 2.75) is 19.8 Å². The van der Waals surface area contributed by atoms with Crippen molar-refractivity contribution in [2.24, 2.45) is 11.8 Å².